The minimum atomic E-state index is -0.628. The second-order valence-electron chi connectivity index (χ2n) is 8.84. The average Bonchev–Trinajstić information content (AvgIpc) is 3.43. The molecule has 1 aliphatic rings. The number of halogens is 1. The third-order valence-electron chi connectivity index (χ3n) is 6.27. The van der Waals surface area contributed by atoms with Crippen molar-refractivity contribution in [2.45, 2.75) is 25.3 Å². The highest BCUT2D eigenvalue weighted by Crippen LogP contribution is 2.27. The number of nitrogens with one attached hydrogen (secondary N) is 2. The van der Waals surface area contributed by atoms with Crippen LogP contribution in [0.3, 0.4) is 0 Å². The highest BCUT2D eigenvalue weighted by Gasteiger charge is 2.29. The topological polar surface area (TPSA) is 119 Å². The lowest BCUT2D eigenvalue weighted by Crippen LogP contribution is -2.40. The predicted molar refractivity (Wildman–Crippen MR) is 142 cm³/mol. The Morgan fingerprint density at radius 1 is 1.05 bits per heavy atom. The third-order valence-corrected chi connectivity index (χ3v) is 6.27. The van der Waals surface area contributed by atoms with E-state index in [0.29, 0.717) is 35.0 Å². The quantitative estimate of drug-likeness (QED) is 0.392. The fraction of sp³-hybridized carbons (Fsp3) is 0.286. The van der Waals surface area contributed by atoms with E-state index in [0.717, 1.165) is 12.8 Å². The van der Waals surface area contributed by atoms with Crippen LogP contribution in [0.5, 0.6) is 11.6 Å². The summed E-state index contributed by atoms with van der Waals surface area (Å²) in [5, 5.41) is 5.09. The van der Waals surface area contributed by atoms with E-state index in [9.17, 15) is 18.8 Å². The Hall–Kier alpha value is -4.67. The van der Waals surface area contributed by atoms with Crippen LogP contribution in [-0.2, 0) is 16.0 Å². The van der Waals surface area contributed by atoms with Crippen molar-refractivity contribution in [1.29, 1.82) is 0 Å². The van der Waals surface area contributed by atoms with E-state index in [1.807, 2.05) is 0 Å². The number of amides is 3. The summed E-state index contributed by atoms with van der Waals surface area (Å²) in [7, 11) is 2.76. The highest BCUT2D eigenvalue weighted by molar-refractivity contribution is 6.00. The molecule has 0 aliphatic carbocycles. The largest absolute Gasteiger partial charge is 0.495 e. The zero-order valence-electron chi connectivity index (χ0n) is 21.6. The number of urea groups is 1. The highest BCUT2D eigenvalue weighted by atomic mass is 19.1. The van der Waals surface area contributed by atoms with Gasteiger partial charge in [-0.15, -0.1) is 0 Å². The maximum absolute atomic E-state index is 13.8. The van der Waals surface area contributed by atoms with Crippen LogP contribution in [0.1, 0.15) is 28.8 Å². The SMILES string of the molecule is COC(=O)c1ccc(OCC2CCCN2C(=O)Cc2ccc(NC(=O)Nc3ccccc3F)c(OC)c2)nc1. The van der Waals surface area contributed by atoms with Crippen LogP contribution in [0.4, 0.5) is 20.6 Å². The Bertz CT molecular complexity index is 1330. The lowest BCUT2D eigenvalue weighted by molar-refractivity contribution is -0.131. The van der Waals surface area contributed by atoms with E-state index >= 15 is 0 Å². The molecule has 2 N–H and O–H groups in total. The van der Waals surface area contributed by atoms with E-state index in [4.69, 9.17) is 9.47 Å². The summed E-state index contributed by atoms with van der Waals surface area (Å²) in [4.78, 5) is 43.0. The second-order valence-corrected chi connectivity index (χ2v) is 8.84. The monoisotopic (exact) mass is 536 g/mol. The van der Waals surface area contributed by atoms with Crippen molar-refractivity contribution in [3.8, 4) is 11.6 Å². The third kappa shape index (κ3) is 7.01. The number of pyridine rings is 1. The number of hydrogen-bond donors (Lipinski definition) is 2. The summed E-state index contributed by atoms with van der Waals surface area (Å²) < 4.78 is 29.7. The van der Waals surface area contributed by atoms with Gasteiger partial charge in [-0.1, -0.05) is 18.2 Å². The number of nitrogens with zero attached hydrogens (tertiary/aromatic N) is 2. The summed E-state index contributed by atoms with van der Waals surface area (Å²) in [6, 6.07) is 13.3. The van der Waals surface area contributed by atoms with Gasteiger partial charge in [0.05, 0.1) is 43.6 Å². The number of para-hydroxylation sites is 1. The average molecular weight is 537 g/mol. The van der Waals surface area contributed by atoms with Crippen molar-refractivity contribution in [2.75, 3.05) is 38.0 Å². The summed E-state index contributed by atoms with van der Waals surface area (Å²) in [5.74, 6) is -0.365. The molecule has 4 rings (SSSR count). The number of rotatable bonds is 9. The van der Waals surface area contributed by atoms with Crippen molar-refractivity contribution >= 4 is 29.3 Å². The zero-order valence-corrected chi connectivity index (χ0v) is 21.6. The molecule has 1 fully saturated rings. The zero-order chi connectivity index (χ0) is 27.8. The molecule has 0 radical (unpaired) electrons. The summed E-state index contributed by atoms with van der Waals surface area (Å²) in [6.07, 6.45) is 3.18. The molecule has 0 saturated carbocycles. The first-order valence-corrected chi connectivity index (χ1v) is 12.3. The number of ether oxygens (including phenoxy) is 3. The van der Waals surface area contributed by atoms with E-state index in [-0.39, 0.29) is 30.7 Å². The summed E-state index contributed by atoms with van der Waals surface area (Å²) >= 11 is 0. The smallest absolute Gasteiger partial charge is 0.339 e. The molecule has 3 amide bonds. The van der Waals surface area contributed by atoms with Gasteiger partial charge >= 0.3 is 12.0 Å². The molecular weight excluding hydrogens is 507 g/mol. The molecule has 10 nitrogen and oxygen atoms in total. The molecule has 0 spiro atoms. The molecule has 39 heavy (non-hydrogen) atoms. The van der Waals surface area contributed by atoms with Crippen LogP contribution < -0.4 is 20.1 Å². The van der Waals surface area contributed by atoms with Crippen molar-refractivity contribution in [2.24, 2.45) is 0 Å². The van der Waals surface area contributed by atoms with Crippen molar-refractivity contribution < 1.29 is 33.0 Å². The second kappa shape index (κ2) is 12.7. The normalized spacial score (nSPS) is 14.4. The number of likely N-dealkylation sites (tertiary alicyclic amines) is 1. The summed E-state index contributed by atoms with van der Waals surface area (Å²) in [6.45, 7) is 0.897. The maximum atomic E-state index is 13.8. The van der Waals surface area contributed by atoms with Crippen LogP contribution in [0, 0.1) is 5.82 Å². The van der Waals surface area contributed by atoms with Gasteiger partial charge in [-0.3, -0.25) is 4.79 Å². The Kier molecular flexibility index (Phi) is 8.93. The van der Waals surface area contributed by atoms with Gasteiger partial charge in [0.2, 0.25) is 11.8 Å². The fourth-order valence-corrected chi connectivity index (χ4v) is 4.29. The lowest BCUT2D eigenvalue weighted by Gasteiger charge is -2.25. The molecule has 204 valence electrons. The summed E-state index contributed by atoms with van der Waals surface area (Å²) in [5.41, 5.74) is 1.46. The number of esters is 1. The van der Waals surface area contributed by atoms with Gasteiger partial charge in [-0.25, -0.2) is 19.0 Å². The minimum absolute atomic E-state index is 0.0503. The first-order chi connectivity index (χ1) is 18.9. The van der Waals surface area contributed by atoms with Crippen LogP contribution >= 0.6 is 0 Å². The van der Waals surface area contributed by atoms with Gasteiger partial charge < -0.3 is 29.7 Å². The molecule has 2 heterocycles. The number of carbonyl (C=O) groups excluding carboxylic acids is 3. The molecule has 1 aliphatic heterocycles. The van der Waals surface area contributed by atoms with Gasteiger partial charge in [0, 0.05) is 18.8 Å². The molecular formula is C28H29FN4O6. The van der Waals surface area contributed by atoms with Gasteiger partial charge in [-0.05, 0) is 48.7 Å². The maximum Gasteiger partial charge on any atom is 0.339 e. The van der Waals surface area contributed by atoms with Crippen molar-refractivity contribution in [1.82, 2.24) is 9.88 Å². The van der Waals surface area contributed by atoms with E-state index in [2.05, 4.69) is 20.4 Å². The Balaban J connectivity index is 1.34. The number of anilines is 2. The first-order valence-electron chi connectivity index (χ1n) is 12.3. The molecule has 2 aromatic carbocycles. The Labute approximate surface area is 225 Å². The van der Waals surface area contributed by atoms with Gasteiger partial charge in [-0.2, -0.15) is 0 Å². The van der Waals surface area contributed by atoms with Crippen LogP contribution in [0.2, 0.25) is 0 Å². The predicted octanol–water partition coefficient (Wildman–Crippen LogP) is 4.27. The van der Waals surface area contributed by atoms with Crippen LogP contribution in [0.25, 0.3) is 0 Å². The molecule has 1 unspecified atom stereocenters. The Morgan fingerprint density at radius 3 is 2.56 bits per heavy atom. The minimum Gasteiger partial charge on any atom is -0.495 e. The fourth-order valence-electron chi connectivity index (χ4n) is 4.29. The van der Waals surface area contributed by atoms with E-state index in [1.54, 1.807) is 41.3 Å². The first kappa shape index (κ1) is 27.4. The number of methoxy groups -OCH3 is 2. The van der Waals surface area contributed by atoms with Crippen molar-refractivity contribution in [3.05, 3.63) is 77.7 Å². The molecule has 3 aromatic rings. The number of benzene rings is 2. The number of hydrogen-bond acceptors (Lipinski definition) is 7. The van der Waals surface area contributed by atoms with Crippen LogP contribution in [0.15, 0.2) is 60.8 Å². The van der Waals surface area contributed by atoms with E-state index in [1.165, 1.54) is 38.6 Å². The van der Waals surface area contributed by atoms with Crippen molar-refractivity contribution in [3.63, 3.8) is 0 Å². The van der Waals surface area contributed by atoms with Gasteiger partial charge in [0.1, 0.15) is 18.2 Å². The molecule has 0 bridgehead atoms. The number of aromatic nitrogens is 1. The van der Waals surface area contributed by atoms with Gasteiger partial charge in [0.15, 0.2) is 0 Å². The number of carbonyl (C=O) groups is 3. The molecule has 1 aromatic heterocycles. The van der Waals surface area contributed by atoms with Crippen LogP contribution in [-0.4, -0.2) is 61.2 Å². The van der Waals surface area contributed by atoms with Gasteiger partial charge in [0.25, 0.3) is 0 Å². The molecule has 1 atom stereocenters. The lowest BCUT2D eigenvalue weighted by atomic mass is 10.1. The Morgan fingerprint density at radius 2 is 1.85 bits per heavy atom. The standard InChI is InChI=1S/C28H29FN4O6/c1-37-24-14-18(9-11-23(24)32-28(36)31-22-8-4-3-7-21(22)29)15-26(34)33-13-5-6-20(33)17-39-25-12-10-19(16-30-25)27(35)38-2/h3-4,7-12,14,16,20H,5-6,13,15,17H2,1-2H3,(H2,31,32,36). The molecule has 1 saturated heterocycles. The van der Waals surface area contributed by atoms with E-state index < -0.39 is 17.8 Å². The molecule has 11 heteroatoms.